The molecule has 0 amide bonds. The summed E-state index contributed by atoms with van der Waals surface area (Å²) in [6, 6.07) is 0. The molecule has 2 fully saturated rings. The van der Waals surface area contributed by atoms with Crippen LogP contribution in [0, 0.1) is 28.1 Å². The Morgan fingerprint density at radius 3 is 2.55 bits per heavy atom. The van der Waals surface area contributed by atoms with E-state index in [0.717, 1.165) is 18.8 Å². The topological polar surface area (TPSA) is 17.1 Å². The molecule has 112 valence electrons. The van der Waals surface area contributed by atoms with Crippen molar-refractivity contribution in [2.24, 2.45) is 28.1 Å². The fourth-order valence-electron chi connectivity index (χ4n) is 5.98. The molecule has 0 saturated heterocycles. The number of rotatable bonds is 1. The van der Waals surface area contributed by atoms with Crippen LogP contribution >= 0.6 is 0 Å². The summed E-state index contributed by atoms with van der Waals surface area (Å²) in [4.78, 5) is 11.7. The molecule has 0 spiro atoms. The van der Waals surface area contributed by atoms with E-state index in [9.17, 15) is 4.79 Å². The molecule has 3 aliphatic rings. The van der Waals surface area contributed by atoms with Crippen molar-refractivity contribution in [3.8, 4) is 0 Å². The second kappa shape index (κ2) is 4.45. The van der Waals surface area contributed by atoms with Crippen LogP contribution in [-0.4, -0.2) is 6.29 Å². The fourth-order valence-corrected chi connectivity index (χ4v) is 5.98. The Balaban J connectivity index is 2.02. The average molecular weight is 274 g/mol. The molecule has 20 heavy (non-hydrogen) atoms. The Kier molecular flexibility index (Phi) is 3.19. The van der Waals surface area contributed by atoms with Crippen molar-refractivity contribution in [3.05, 3.63) is 11.6 Å². The first-order valence-corrected chi connectivity index (χ1v) is 8.50. The molecule has 3 aliphatic carbocycles. The van der Waals surface area contributed by atoms with Crippen LogP contribution in [0.2, 0.25) is 0 Å². The minimum Gasteiger partial charge on any atom is -0.303 e. The molecule has 0 aromatic heterocycles. The van der Waals surface area contributed by atoms with Crippen LogP contribution in [0.1, 0.15) is 72.6 Å². The van der Waals surface area contributed by atoms with Crippen LogP contribution in [0.15, 0.2) is 11.6 Å². The molecule has 0 aromatic carbocycles. The summed E-state index contributed by atoms with van der Waals surface area (Å²) >= 11 is 0. The number of allylic oxidation sites excluding steroid dienone is 2. The maximum Gasteiger partial charge on any atom is 0.126 e. The van der Waals surface area contributed by atoms with Gasteiger partial charge in [0.1, 0.15) is 6.29 Å². The number of fused-ring (bicyclic) bond motifs is 3. The van der Waals surface area contributed by atoms with Gasteiger partial charge in [0.05, 0.1) is 0 Å². The highest BCUT2D eigenvalue weighted by molar-refractivity contribution is 5.61. The van der Waals surface area contributed by atoms with E-state index in [2.05, 4.69) is 33.8 Å². The number of carbonyl (C=O) groups is 1. The summed E-state index contributed by atoms with van der Waals surface area (Å²) in [5, 5.41) is 0. The van der Waals surface area contributed by atoms with Gasteiger partial charge in [0.15, 0.2) is 0 Å². The monoisotopic (exact) mass is 274 g/mol. The highest BCUT2D eigenvalue weighted by Gasteiger charge is 2.55. The van der Waals surface area contributed by atoms with E-state index in [4.69, 9.17) is 0 Å². The highest BCUT2D eigenvalue weighted by atomic mass is 16.1. The molecule has 1 nitrogen and oxygen atoms in total. The fraction of sp³-hybridized carbons (Fsp3) is 0.842. The van der Waals surface area contributed by atoms with Crippen LogP contribution < -0.4 is 0 Å². The van der Waals surface area contributed by atoms with Crippen molar-refractivity contribution in [1.29, 1.82) is 0 Å². The Morgan fingerprint density at radius 2 is 1.85 bits per heavy atom. The van der Waals surface area contributed by atoms with E-state index in [1.54, 1.807) is 5.57 Å². The average Bonchev–Trinajstić information content (AvgIpc) is 2.39. The summed E-state index contributed by atoms with van der Waals surface area (Å²) in [6.07, 6.45) is 12.5. The van der Waals surface area contributed by atoms with Crippen molar-refractivity contribution < 1.29 is 4.79 Å². The van der Waals surface area contributed by atoms with E-state index < -0.39 is 0 Å². The van der Waals surface area contributed by atoms with Gasteiger partial charge in [0.25, 0.3) is 0 Å². The first-order valence-electron chi connectivity index (χ1n) is 8.50. The molecule has 0 aliphatic heterocycles. The quantitative estimate of drug-likeness (QED) is 0.477. The lowest BCUT2D eigenvalue weighted by atomic mass is 9.45. The standard InChI is InChI=1S/C19H30O/c1-17(2)10-6-12-19(4)15-7-5-11-18(3,13-20)14(15)8-9-16(17)19/h7,13-14,16H,5-6,8-12H2,1-4H3/t14-,16-,18-,19+/m1/s1. The van der Waals surface area contributed by atoms with Crippen LogP contribution in [-0.2, 0) is 4.79 Å². The lowest BCUT2D eigenvalue weighted by Gasteiger charge is -2.59. The van der Waals surface area contributed by atoms with Gasteiger partial charge in [-0.2, -0.15) is 0 Å². The molecule has 0 radical (unpaired) electrons. The predicted octanol–water partition coefficient (Wildman–Crippen LogP) is 5.15. The lowest BCUT2D eigenvalue weighted by molar-refractivity contribution is -0.120. The number of aldehydes is 1. The maximum atomic E-state index is 11.7. The normalized spacial score (nSPS) is 46.9. The molecule has 0 N–H and O–H groups in total. The molecular formula is C19H30O. The van der Waals surface area contributed by atoms with E-state index in [0.29, 0.717) is 16.7 Å². The SMILES string of the molecule is CC1(C)CCC[C@@]2(C)C3=CCC[C@](C)(C=O)[C@@H]3CC[C@H]12. The molecule has 1 heteroatoms. The van der Waals surface area contributed by atoms with Crippen LogP contribution in [0.3, 0.4) is 0 Å². The molecular weight excluding hydrogens is 244 g/mol. The Morgan fingerprint density at radius 1 is 1.10 bits per heavy atom. The minimum absolute atomic E-state index is 0.0976. The van der Waals surface area contributed by atoms with Gasteiger partial charge >= 0.3 is 0 Å². The first-order chi connectivity index (χ1) is 9.33. The third kappa shape index (κ3) is 1.84. The minimum atomic E-state index is -0.0976. The van der Waals surface area contributed by atoms with Crippen molar-refractivity contribution in [2.75, 3.05) is 0 Å². The van der Waals surface area contributed by atoms with Gasteiger partial charge < -0.3 is 4.79 Å². The molecule has 3 rings (SSSR count). The van der Waals surface area contributed by atoms with E-state index in [1.165, 1.54) is 38.4 Å². The zero-order chi connectivity index (χ0) is 14.6. The van der Waals surface area contributed by atoms with Gasteiger partial charge in [-0.05, 0) is 61.2 Å². The Labute approximate surface area is 124 Å². The third-order valence-corrected chi connectivity index (χ3v) is 7.12. The largest absolute Gasteiger partial charge is 0.303 e. The van der Waals surface area contributed by atoms with Gasteiger partial charge in [-0.3, -0.25) is 0 Å². The summed E-state index contributed by atoms with van der Waals surface area (Å²) in [7, 11) is 0. The summed E-state index contributed by atoms with van der Waals surface area (Å²) in [5.74, 6) is 1.32. The first kappa shape index (κ1) is 14.4. The zero-order valence-electron chi connectivity index (χ0n) is 13.7. The van der Waals surface area contributed by atoms with Crippen molar-refractivity contribution in [1.82, 2.24) is 0 Å². The lowest BCUT2D eigenvalue weighted by Crippen LogP contribution is -2.51. The predicted molar refractivity (Wildman–Crippen MR) is 83.4 cm³/mol. The van der Waals surface area contributed by atoms with Gasteiger partial charge in [-0.15, -0.1) is 0 Å². The second-order valence-corrected chi connectivity index (χ2v) is 8.76. The van der Waals surface area contributed by atoms with E-state index in [-0.39, 0.29) is 5.41 Å². The van der Waals surface area contributed by atoms with E-state index in [1.807, 2.05) is 0 Å². The van der Waals surface area contributed by atoms with Crippen molar-refractivity contribution >= 4 is 6.29 Å². The smallest absolute Gasteiger partial charge is 0.126 e. The molecule has 4 atom stereocenters. The number of carbonyl (C=O) groups excluding carboxylic acids is 1. The van der Waals surface area contributed by atoms with Gasteiger partial charge in [0.2, 0.25) is 0 Å². The molecule has 0 unspecified atom stereocenters. The second-order valence-electron chi connectivity index (χ2n) is 8.76. The van der Waals surface area contributed by atoms with Crippen LogP contribution in [0.4, 0.5) is 0 Å². The number of hydrogen-bond donors (Lipinski definition) is 0. The summed E-state index contributed by atoms with van der Waals surface area (Å²) in [5.41, 5.74) is 2.38. The van der Waals surface area contributed by atoms with Gasteiger partial charge in [-0.1, -0.05) is 45.8 Å². The highest BCUT2D eigenvalue weighted by Crippen LogP contribution is 2.64. The molecule has 0 heterocycles. The summed E-state index contributed by atoms with van der Waals surface area (Å²) < 4.78 is 0. The van der Waals surface area contributed by atoms with Crippen LogP contribution in [0.5, 0.6) is 0 Å². The zero-order valence-corrected chi connectivity index (χ0v) is 13.7. The van der Waals surface area contributed by atoms with Gasteiger partial charge in [0, 0.05) is 5.41 Å². The van der Waals surface area contributed by atoms with E-state index >= 15 is 0 Å². The number of hydrogen-bond acceptors (Lipinski definition) is 1. The molecule has 0 aromatic rings. The van der Waals surface area contributed by atoms with Gasteiger partial charge in [-0.25, -0.2) is 0 Å². The van der Waals surface area contributed by atoms with Crippen molar-refractivity contribution in [2.45, 2.75) is 72.6 Å². The Bertz CT molecular complexity index is 447. The van der Waals surface area contributed by atoms with Crippen LogP contribution in [0.25, 0.3) is 0 Å². The summed E-state index contributed by atoms with van der Waals surface area (Å²) in [6.45, 7) is 9.65. The van der Waals surface area contributed by atoms with Crippen molar-refractivity contribution in [3.63, 3.8) is 0 Å². The molecule has 0 bridgehead atoms. The Hall–Kier alpha value is -0.590. The maximum absolute atomic E-state index is 11.7. The third-order valence-electron chi connectivity index (χ3n) is 7.12. The molecule has 2 saturated carbocycles.